The number of pyridine rings is 2. The Balaban J connectivity index is 1.69. The van der Waals surface area contributed by atoms with Gasteiger partial charge in [0.05, 0.1) is 18.8 Å². The van der Waals surface area contributed by atoms with E-state index in [-0.39, 0.29) is 17.8 Å². The van der Waals surface area contributed by atoms with E-state index in [4.69, 9.17) is 16.3 Å². The van der Waals surface area contributed by atoms with Gasteiger partial charge in [-0.3, -0.25) is 4.79 Å². The normalized spacial score (nSPS) is 19.3. The number of amides is 1. The molecule has 1 aromatic carbocycles. The van der Waals surface area contributed by atoms with Gasteiger partial charge in [0.25, 0.3) is 5.91 Å². The van der Waals surface area contributed by atoms with E-state index < -0.39 is 23.9 Å². The molecule has 1 amide bonds. The lowest BCUT2D eigenvalue weighted by atomic mass is 10.0. The molecule has 0 aliphatic carbocycles. The number of nitrogens with one attached hydrogen (secondary N) is 1. The maximum Gasteiger partial charge on any atom is 0.270 e. The number of benzene rings is 1. The van der Waals surface area contributed by atoms with E-state index in [1.807, 2.05) is 6.07 Å². The minimum Gasteiger partial charge on any atom is -0.391 e. The Hall–Kier alpha value is -2.61. The number of rotatable bonds is 4. The van der Waals surface area contributed by atoms with Crippen molar-refractivity contribution >= 4 is 28.4 Å². The van der Waals surface area contributed by atoms with Gasteiger partial charge in [0, 0.05) is 18.2 Å². The predicted octanol–water partition coefficient (Wildman–Crippen LogP) is 2.89. The molecule has 3 aromatic rings. The Morgan fingerprint density at radius 1 is 1.34 bits per heavy atom. The highest BCUT2D eigenvalue weighted by Crippen LogP contribution is 2.24. The summed E-state index contributed by atoms with van der Waals surface area (Å²) in [5.74, 6) is -0.992. The van der Waals surface area contributed by atoms with Crippen LogP contribution in [0.3, 0.4) is 0 Å². The number of halogens is 2. The van der Waals surface area contributed by atoms with Crippen molar-refractivity contribution in [1.82, 2.24) is 15.3 Å². The quantitative estimate of drug-likeness (QED) is 0.640. The molecule has 2 atom stereocenters. The maximum atomic E-state index is 14.4. The van der Waals surface area contributed by atoms with Crippen molar-refractivity contribution < 1.29 is 19.0 Å². The average molecular weight is 416 g/mol. The highest BCUT2D eigenvalue weighted by atomic mass is 35.5. The molecule has 1 aliphatic rings. The Kier molecular flexibility index (Phi) is 5.71. The smallest absolute Gasteiger partial charge is 0.270 e. The second-order valence-electron chi connectivity index (χ2n) is 6.98. The Labute approximate surface area is 171 Å². The van der Waals surface area contributed by atoms with Gasteiger partial charge >= 0.3 is 0 Å². The van der Waals surface area contributed by atoms with Crippen LogP contribution in [0, 0.1) is 5.82 Å². The van der Waals surface area contributed by atoms with Gasteiger partial charge in [-0.2, -0.15) is 0 Å². The van der Waals surface area contributed by atoms with Gasteiger partial charge in [0.15, 0.2) is 0 Å². The third kappa shape index (κ3) is 4.37. The summed E-state index contributed by atoms with van der Waals surface area (Å²) in [7, 11) is 0. The first-order valence-electron chi connectivity index (χ1n) is 9.26. The topological polar surface area (TPSA) is 84.3 Å². The SMILES string of the molecule is O=C(N[C@H]1COCC[C@@H]1O)c1cc(Cc2ccc(Cl)nc2)c2cccc(F)c2n1. The lowest BCUT2D eigenvalue weighted by molar-refractivity contribution is -0.0140. The van der Waals surface area contributed by atoms with Gasteiger partial charge < -0.3 is 15.2 Å². The number of aliphatic hydroxyl groups excluding tert-OH is 1. The van der Waals surface area contributed by atoms with Crippen LogP contribution in [-0.2, 0) is 11.2 Å². The van der Waals surface area contributed by atoms with Crippen molar-refractivity contribution in [3.63, 3.8) is 0 Å². The van der Waals surface area contributed by atoms with Crippen molar-refractivity contribution in [3.05, 3.63) is 70.4 Å². The Morgan fingerprint density at radius 3 is 2.97 bits per heavy atom. The lowest BCUT2D eigenvalue weighted by Crippen LogP contribution is -2.49. The van der Waals surface area contributed by atoms with Crippen LogP contribution in [0.25, 0.3) is 10.9 Å². The van der Waals surface area contributed by atoms with Crippen molar-refractivity contribution in [2.45, 2.75) is 25.0 Å². The molecular weight excluding hydrogens is 397 g/mol. The third-order valence-electron chi connectivity index (χ3n) is 4.93. The van der Waals surface area contributed by atoms with Crippen molar-refractivity contribution in [3.8, 4) is 0 Å². The maximum absolute atomic E-state index is 14.4. The van der Waals surface area contributed by atoms with Crippen molar-refractivity contribution in [1.29, 1.82) is 0 Å². The van der Waals surface area contributed by atoms with Gasteiger partial charge in [0.2, 0.25) is 0 Å². The fraction of sp³-hybridized carbons (Fsp3) is 0.286. The Morgan fingerprint density at radius 2 is 2.21 bits per heavy atom. The molecule has 1 aliphatic heterocycles. The van der Waals surface area contributed by atoms with Crippen LogP contribution < -0.4 is 5.32 Å². The molecule has 8 heteroatoms. The molecule has 1 fully saturated rings. The second kappa shape index (κ2) is 8.41. The van der Waals surface area contributed by atoms with Gasteiger partial charge in [-0.15, -0.1) is 0 Å². The molecule has 0 unspecified atom stereocenters. The van der Waals surface area contributed by atoms with Crippen molar-refractivity contribution in [2.75, 3.05) is 13.2 Å². The molecule has 6 nitrogen and oxygen atoms in total. The summed E-state index contributed by atoms with van der Waals surface area (Å²) in [6.07, 6.45) is 1.83. The van der Waals surface area contributed by atoms with E-state index in [0.717, 1.165) is 11.1 Å². The predicted molar refractivity (Wildman–Crippen MR) is 106 cm³/mol. The minimum absolute atomic E-state index is 0.0808. The zero-order valence-corrected chi connectivity index (χ0v) is 16.2. The number of para-hydroxylation sites is 1. The van der Waals surface area contributed by atoms with E-state index >= 15 is 0 Å². The highest BCUT2D eigenvalue weighted by molar-refractivity contribution is 6.29. The average Bonchev–Trinajstić information content (AvgIpc) is 2.72. The summed E-state index contributed by atoms with van der Waals surface area (Å²) in [5, 5.41) is 13.8. The largest absolute Gasteiger partial charge is 0.391 e. The molecule has 2 aromatic heterocycles. The number of carbonyl (C=O) groups is 1. The second-order valence-corrected chi connectivity index (χ2v) is 7.37. The molecule has 3 heterocycles. The first-order chi connectivity index (χ1) is 14.0. The van der Waals surface area contributed by atoms with Crippen LogP contribution in [0.1, 0.15) is 28.0 Å². The first kappa shape index (κ1) is 19.7. The summed E-state index contributed by atoms with van der Waals surface area (Å²) in [4.78, 5) is 21.1. The summed E-state index contributed by atoms with van der Waals surface area (Å²) in [6, 6.07) is 9.31. The number of hydrogen-bond acceptors (Lipinski definition) is 5. The molecule has 29 heavy (non-hydrogen) atoms. The van der Waals surface area contributed by atoms with Gasteiger partial charge in [-0.05, 0) is 42.2 Å². The fourth-order valence-electron chi connectivity index (χ4n) is 3.38. The molecule has 0 bridgehead atoms. The molecule has 0 radical (unpaired) electrons. The highest BCUT2D eigenvalue weighted by Gasteiger charge is 2.26. The molecule has 0 spiro atoms. The number of nitrogens with zero attached hydrogens (tertiary/aromatic N) is 2. The molecule has 4 rings (SSSR count). The summed E-state index contributed by atoms with van der Waals surface area (Å²) in [5.41, 5.74) is 1.81. The standard InChI is InChI=1S/C21H19ClFN3O3/c22-19-5-4-12(10-24-19)8-13-9-16(25-20-14(13)2-1-3-15(20)23)21(28)26-17-11-29-7-6-18(17)27/h1-5,9-10,17-18,27H,6-8,11H2,(H,26,28)/t17-,18-/m0/s1. The van der Waals surface area contributed by atoms with Crippen LogP contribution in [0.5, 0.6) is 0 Å². The van der Waals surface area contributed by atoms with Crippen molar-refractivity contribution in [2.24, 2.45) is 0 Å². The van der Waals surface area contributed by atoms with E-state index in [2.05, 4.69) is 15.3 Å². The van der Waals surface area contributed by atoms with Gasteiger partial charge in [0.1, 0.15) is 22.2 Å². The zero-order valence-electron chi connectivity index (χ0n) is 15.4. The van der Waals surface area contributed by atoms with Gasteiger partial charge in [-0.1, -0.05) is 29.8 Å². The number of aliphatic hydroxyl groups is 1. The molecule has 1 saturated heterocycles. The minimum atomic E-state index is -0.690. The van der Waals surface area contributed by atoms with Crippen LogP contribution >= 0.6 is 11.6 Å². The first-order valence-corrected chi connectivity index (χ1v) is 9.64. The zero-order chi connectivity index (χ0) is 20.4. The molecule has 0 saturated carbocycles. The number of aromatic nitrogens is 2. The third-order valence-corrected chi connectivity index (χ3v) is 5.15. The molecular formula is C21H19ClFN3O3. The molecule has 2 N–H and O–H groups in total. The lowest BCUT2D eigenvalue weighted by Gasteiger charge is -2.28. The van der Waals surface area contributed by atoms with Crippen LogP contribution in [0.2, 0.25) is 5.15 Å². The number of carbonyl (C=O) groups excluding carboxylic acids is 1. The van der Waals surface area contributed by atoms with E-state index in [0.29, 0.717) is 30.0 Å². The summed E-state index contributed by atoms with van der Waals surface area (Å²) >= 11 is 5.85. The summed E-state index contributed by atoms with van der Waals surface area (Å²) < 4.78 is 19.8. The monoisotopic (exact) mass is 415 g/mol. The van der Waals surface area contributed by atoms with Crippen LogP contribution in [-0.4, -0.2) is 46.3 Å². The van der Waals surface area contributed by atoms with E-state index in [1.54, 1.807) is 30.5 Å². The Bertz CT molecular complexity index is 1050. The number of hydrogen-bond donors (Lipinski definition) is 2. The van der Waals surface area contributed by atoms with E-state index in [1.165, 1.54) is 6.07 Å². The number of fused-ring (bicyclic) bond motifs is 1. The summed E-state index contributed by atoms with van der Waals surface area (Å²) in [6.45, 7) is 0.671. The van der Waals surface area contributed by atoms with Crippen LogP contribution in [0.15, 0.2) is 42.6 Å². The fourth-order valence-corrected chi connectivity index (χ4v) is 3.50. The number of ether oxygens (including phenoxy) is 1. The van der Waals surface area contributed by atoms with Gasteiger partial charge in [-0.25, -0.2) is 14.4 Å². The molecule has 150 valence electrons. The van der Waals surface area contributed by atoms with Crippen LogP contribution in [0.4, 0.5) is 4.39 Å². The van der Waals surface area contributed by atoms with E-state index in [9.17, 15) is 14.3 Å².